The maximum atomic E-state index is 13.5. The Balaban J connectivity index is 1.53. The maximum Gasteiger partial charge on any atom is 0.416 e. The molecule has 0 bridgehead atoms. The predicted octanol–water partition coefficient (Wildman–Crippen LogP) is 7.83. The van der Waals surface area contributed by atoms with Gasteiger partial charge in [-0.05, 0) is 86.9 Å². The molecule has 1 N–H and O–H groups in total. The van der Waals surface area contributed by atoms with Gasteiger partial charge in [0.05, 0.1) is 23.1 Å². The molecule has 2 fully saturated rings. The molecule has 1 aliphatic heterocycles. The van der Waals surface area contributed by atoms with Crippen LogP contribution in [-0.2, 0) is 35.0 Å². The summed E-state index contributed by atoms with van der Waals surface area (Å²) in [6, 6.07) is 6.25. The lowest BCUT2D eigenvalue weighted by atomic mass is 9.82. The number of carbonyl (C=O) groups excluding carboxylic acids is 1. The normalized spacial score (nSPS) is 23.1. The Kier molecular flexibility index (Phi) is 9.68. The molecular formula is C31H36F6N2O4. The molecule has 0 aromatic heterocycles. The van der Waals surface area contributed by atoms with E-state index < -0.39 is 47.7 Å². The van der Waals surface area contributed by atoms with Crippen molar-refractivity contribution in [3.8, 4) is 0 Å². The number of ether oxygens (including phenoxy) is 1. The highest BCUT2D eigenvalue weighted by molar-refractivity contribution is 5.71. The van der Waals surface area contributed by atoms with Gasteiger partial charge in [-0.2, -0.15) is 26.3 Å². The number of alkyl halides is 6. The quantitative estimate of drug-likeness (QED) is 0.292. The number of aliphatic carboxylic acids is 1. The van der Waals surface area contributed by atoms with E-state index >= 15 is 0 Å². The number of cyclic esters (lactones) is 1. The predicted molar refractivity (Wildman–Crippen MR) is 146 cm³/mol. The van der Waals surface area contributed by atoms with Gasteiger partial charge in [-0.15, -0.1) is 0 Å². The van der Waals surface area contributed by atoms with Crippen LogP contribution in [0.25, 0.3) is 0 Å². The van der Waals surface area contributed by atoms with Gasteiger partial charge in [-0.25, -0.2) is 4.79 Å². The Morgan fingerprint density at radius 3 is 2.12 bits per heavy atom. The first-order valence-electron chi connectivity index (χ1n) is 14.4. The van der Waals surface area contributed by atoms with Crippen LogP contribution in [0.4, 0.5) is 31.1 Å². The summed E-state index contributed by atoms with van der Waals surface area (Å²) in [7, 11) is 0. The van der Waals surface area contributed by atoms with Crippen molar-refractivity contribution >= 4 is 12.1 Å². The molecule has 0 spiro atoms. The second-order valence-corrected chi connectivity index (χ2v) is 11.7. The van der Waals surface area contributed by atoms with Crippen molar-refractivity contribution in [3.63, 3.8) is 0 Å². The molecule has 1 aliphatic carbocycles. The molecule has 0 unspecified atom stereocenters. The van der Waals surface area contributed by atoms with Gasteiger partial charge < -0.3 is 9.84 Å². The van der Waals surface area contributed by atoms with E-state index in [-0.39, 0.29) is 24.1 Å². The van der Waals surface area contributed by atoms with Gasteiger partial charge in [0, 0.05) is 19.6 Å². The van der Waals surface area contributed by atoms with Crippen LogP contribution in [-0.4, -0.2) is 46.1 Å². The Bertz CT molecular complexity index is 1290. The summed E-state index contributed by atoms with van der Waals surface area (Å²) < 4.78 is 86.1. The van der Waals surface area contributed by atoms with Crippen molar-refractivity contribution in [2.75, 3.05) is 13.1 Å². The zero-order chi connectivity index (χ0) is 31.7. The van der Waals surface area contributed by atoms with Crippen LogP contribution in [0.5, 0.6) is 0 Å². The van der Waals surface area contributed by atoms with E-state index in [1.807, 2.05) is 32.0 Å². The number of carbonyl (C=O) groups is 2. The van der Waals surface area contributed by atoms with Gasteiger partial charge in [0.25, 0.3) is 0 Å². The minimum Gasteiger partial charge on any atom is -0.481 e. The number of benzene rings is 2. The first-order valence-corrected chi connectivity index (χ1v) is 14.4. The Labute approximate surface area is 246 Å². The standard InChI is InChI=1S/C31H36F6N2O4/c1-4-38(15-20-6-9-21(10-7-20)28(40)41)16-22-8-5-18(2)11-24(22)17-39-19(3)27(43-29(39)42)23-12-25(30(32,33)34)14-26(13-23)31(35,36)37/h5,8,11-14,19-21,27H,4,6-7,9-10,15-17H2,1-3H3,(H,40,41)/t19-,20?,21?,27-/m0/s1. The van der Waals surface area contributed by atoms with E-state index in [1.54, 1.807) is 6.92 Å². The molecule has 0 radical (unpaired) electrons. The molecule has 43 heavy (non-hydrogen) atoms. The zero-order valence-electron chi connectivity index (χ0n) is 24.3. The van der Waals surface area contributed by atoms with E-state index in [9.17, 15) is 41.0 Å². The topological polar surface area (TPSA) is 70.1 Å². The Morgan fingerprint density at radius 2 is 1.58 bits per heavy atom. The minimum atomic E-state index is -5.02. The van der Waals surface area contributed by atoms with Crippen LogP contribution in [0.15, 0.2) is 36.4 Å². The van der Waals surface area contributed by atoms with E-state index in [1.165, 1.54) is 4.90 Å². The molecule has 1 saturated heterocycles. The van der Waals surface area contributed by atoms with Crippen molar-refractivity contribution < 1.29 is 45.8 Å². The van der Waals surface area contributed by atoms with Crippen LogP contribution < -0.4 is 0 Å². The molecule has 2 atom stereocenters. The molecule has 2 aromatic rings. The highest BCUT2D eigenvalue weighted by Gasteiger charge is 2.43. The van der Waals surface area contributed by atoms with Gasteiger partial charge >= 0.3 is 24.4 Å². The fourth-order valence-corrected chi connectivity index (χ4v) is 6.05. The summed E-state index contributed by atoms with van der Waals surface area (Å²) in [6.07, 6.45) is -9.20. The van der Waals surface area contributed by atoms with Gasteiger partial charge in [-0.3, -0.25) is 14.6 Å². The van der Waals surface area contributed by atoms with Crippen LogP contribution in [0.3, 0.4) is 0 Å². The van der Waals surface area contributed by atoms with E-state index in [4.69, 9.17) is 4.74 Å². The molecule has 12 heteroatoms. The first kappa shape index (κ1) is 32.6. The summed E-state index contributed by atoms with van der Waals surface area (Å²) in [6.45, 7) is 7.64. The fraction of sp³-hybridized carbons (Fsp3) is 0.548. The lowest BCUT2D eigenvalue weighted by Crippen LogP contribution is -2.34. The average Bonchev–Trinajstić information content (AvgIpc) is 3.21. The summed E-state index contributed by atoms with van der Waals surface area (Å²) in [5, 5.41) is 9.29. The lowest BCUT2D eigenvalue weighted by Gasteiger charge is -2.31. The van der Waals surface area contributed by atoms with Crippen molar-refractivity contribution in [2.45, 2.75) is 84.0 Å². The Morgan fingerprint density at radius 1 is 0.977 bits per heavy atom. The molecule has 2 aromatic carbocycles. The number of rotatable bonds is 9. The second kappa shape index (κ2) is 12.8. The van der Waals surface area contributed by atoms with E-state index in [0.29, 0.717) is 37.4 Å². The smallest absolute Gasteiger partial charge is 0.416 e. The van der Waals surface area contributed by atoms with Gasteiger partial charge in [0.15, 0.2) is 0 Å². The molecular weight excluding hydrogens is 578 g/mol. The van der Waals surface area contributed by atoms with Crippen LogP contribution in [0, 0.1) is 18.8 Å². The number of nitrogens with zero attached hydrogens (tertiary/aromatic N) is 2. The SMILES string of the molecule is CCN(Cc1ccc(C)cc1CN1C(=O)O[C@H](c2cc(C(F)(F)F)cc(C(F)(F)F)c2)[C@@H]1C)CC1CCC(C(=O)O)CC1. The van der Waals surface area contributed by atoms with Crippen LogP contribution in [0.2, 0.25) is 0 Å². The van der Waals surface area contributed by atoms with Crippen LogP contribution >= 0.6 is 0 Å². The summed E-state index contributed by atoms with van der Waals surface area (Å²) in [5.41, 5.74) is -0.624. The number of aryl methyl sites for hydroxylation is 1. The summed E-state index contributed by atoms with van der Waals surface area (Å²) >= 11 is 0. The number of amides is 1. The molecule has 236 valence electrons. The highest BCUT2D eigenvalue weighted by Crippen LogP contribution is 2.41. The molecule has 1 saturated carbocycles. The van der Waals surface area contributed by atoms with Crippen molar-refractivity contribution in [2.24, 2.45) is 11.8 Å². The molecule has 1 heterocycles. The summed E-state index contributed by atoms with van der Waals surface area (Å²) in [5.74, 6) is -0.675. The third kappa shape index (κ3) is 7.82. The fourth-order valence-electron chi connectivity index (χ4n) is 6.05. The minimum absolute atomic E-state index is 0.0546. The molecule has 6 nitrogen and oxygen atoms in total. The average molecular weight is 615 g/mol. The second-order valence-electron chi connectivity index (χ2n) is 11.7. The molecule has 1 amide bonds. The number of carboxylic acid groups (broad SMARTS) is 1. The molecule has 4 rings (SSSR count). The Hall–Kier alpha value is -3.28. The maximum absolute atomic E-state index is 13.5. The van der Waals surface area contributed by atoms with Crippen molar-refractivity contribution in [1.82, 2.24) is 9.80 Å². The van der Waals surface area contributed by atoms with Crippen LogP contribution in [0.1, 0.15) is 79.0 Å². The van der Waals surface area contributed by atoms with Gasteiger partial charge in [0.2, 0.25) is 0 Å². The van der Waals surface area contributed by atoms with E-state index in [0.717, 1.165) is 42.6 Å². The van der Waals surface area contributed by atoms with Gasteiger partial charge in [-0.1, -0.05) is 30.7 Å². The third-order valence-corrected chi connectivity index (χ3v) is 8.59. The number of hydrogen-bond donors (Lipinski definition) is 1. The molecule has 2 aliphatic rings. The lowest BCUT2D eigenvalue weighted by molar-refractivity contribution is -0.144. The number of halogens is 6. The number of hydrogen-bond acceptors (Lipinski definition) is 4. The number of carboxylic acids is 1. The largest absolute Gasteiger partial charge is 0.481 e. The van der Waals surface area contributed by atoms with Crippen molar-refractivity contribution in [1.29, 1.82) is 0 Å². The third-order valence-electron chi connectivity index (χ3n) is 8.59. The summed E-state index contributed by atoms with van der Waals surface area (Å²) in [4.78, 5) is 27.9. The van der Waals surface area contributed by atoms with Crippen molar-refractivity contribution in [3.05, 3.63) is 69.8 Å². The monoisotopic (exact) mass is 614 g/mol. The van der Waals surface area contributed by atoms with E-state index in [2.05, 4.69) is 4.90 Å². The first-order chi connectivity index (χ1) is 20.1. The highest BCUT2D eigenvalue weighted by atomic mass is 19.4. The van der Waals surface area contributed by atoms with Gasteiger partial charge in [0.1, 0.15) is 6.10 Å². The zero-order valence-corrected chi connectivity index (χ0v) is 24.3.